The number of carboxylic acid groups (broad SMARTS) is 1. The Hall–Kier alpha value is -2.27. The molecule has 5 nitrogen and oxygen atoms in total. The topological polar surface area (TPSA) is 81.8 Å². The fourth-order valence-electron chi connectivity index (χ4n) is 2.17. The standard InChI is InChI=1S/C15H17NO4/c1-19-13-5-3-4-9-8-14(20-2)10(6-11(9)13)7-12(16)15(17)18/h3-6,8,12H,7,16H2,1-2H3,(H,17,18). The Balaban J connectivity index is 2.54. The van der Waals surface area contributed by atoms with E-state index in [2.05, 4.69) is 0 Å². The summed E-state index contributed by atoms with van der Waals surface area (Å²) < 4.78 is 10.6. The van der Waals surface area contributed by atoms with Crippen LogP contribution in [0.15, 0.2) is 30.3 Å². The lowest BCUT2D eigenvalue weighted by Gasteiger charge is -2.14. The second-order valence-electron chi connectivity index (χ2n) is 4.49. The third-order valence-corrected chi connectivity index (χ3v) is 3.22. The first-order valence-electron chi connectivity index (χ1n) is 6.19. The molecule has 1 unspecified atom stereocenters. The number of ether oxygens (including phenoxy) is 2. The highest BCUT2D eigenvalue weighted by atomic mass is 16.5. The van der Waals surface area contributed by atoms with Gasteiger partial charge in [0.05, 0.1) is 14.2 Å². The van der Waals surface area contributed by atoms with Crippen LogP contribution in [0, 0.1) is 0 Å². The predicted molar refractivity (Wildman–Crippen MR) is 76.4 cm³/mol. The quantitative estimate of drug-likeness (QED) is 0.869. The molecule has 1 atom stereocenters. The number of carboxylic acids is 1. The Kier molecular flexibility index (Phi) is 4.10. The van der Waals surface area contributed by atoms with E-state index in [1.54, 1.807) is 14.2 Å². The molecule has 0 fully saturated rings. The van der Waals surface area contributed by atoms with E-state index in [4.69, 9.17) is 20.3 Å². The molecule has 2 rings (SSSR count). The maximum atomic E-state index is 10.9. The van der Waals surface area contributed by atoms with Crippen molar-refractivity contribution in [3.8, 4) is 11.5 Å². The first kappa shape index (κ1) is 14.1. The van der Waals surface area contributed by atoms with Crippen LogP contribution in [-0.4, -0.2) is 31.3 Å². The fourth-order valence-corrected chi connectivity index (χ4v) is 2.17. The summed E-state index contributed by atoms with van der Waals surface area (Å²) in [6.45, 7) is 0. The number of carbonyl (C=O) groups is 1. The molecular formula is C15H17NO4. The van der Waals surface area contributed by atoms with Gasteiger partial charge in [-0.15, -0.1) is 0 Å². The molecule has 106 valence electrons. The van der Waals surface area contributed by atoms with Crippen LogP contribution >= 0.6 is 0 Å². The van der Waals surface area contributed by atoms with Crippen LogP contribution in [0.2, 0.25) is 0 Å². The number of methoxy groups -OCH3 is 2. The van der Waals surface area contributed by atoms with E-state index < -0.39 is 12.0 Å². The normalized spacial score (nSPS) is 12.2. The summed E-state index contributed by atoms with van der Waals surface area (Å²) in [5.41, 5.74) is 6.35. The Morgan fingerprint density at radius 1 is 1.25 bits per heavy atom. The monoisotopic (exact) mass is 275 g/mol. The van der Waals surface area contributed by atoms with Gasteiger partial charge >= 0.3 is 5.97 Å². The van der Waals surface area contributed by atoms with Crippen LogP contribution in [0.4, 0.5) is 0 Å². The van der Waals surface area contributed by atoms with Crippen LogP contribution < -0.4 is 15.2 Å². The first-order chi connectivity index (χ1) is 9.56. The highest BCUT2D eigenvalue weighted by Crippen LogP contribution is 2.32. The van der Waals surface area contributed by atoms with Crippen molar-refractivity contribution in [1.82, 2.24) is 0 Å². The van der Waals surface area contributed by atoms with Gasteiger partial charge in [-0.2, -0.15) is 0 Å². The highest BCUT2D eigenvalue weighted by Gasteiger charge is 2.16. The summed E-state index contributed by atoms with van der Waals surface area (Å²) in [7, 11) is 3.15. The van der Waals surface area contributed by atoms with E-state index in [0.29, 0.717) is 5.75 Å². The van der Waals surface area contributed by atoms with Crippen molar-refractivity contribution in [2.75, 3.05) is 14.2 Å². The van der Waals surface area contributed by atoms with Gasteiger partial charge in [-0.3, -0.25) is 4.79 Å². The zero-order chi connectivity index (χ0) is 14.7. The van der Waals surface area contributed by atoms with Gasteiger partial charge < -0.3 is 20.3 Å². The average molecular weight is 275 g/mol. The minimum Gasteiger partial charge on any atom is -0.496 e. The number of fused-ring (bicyclic) bond motifs is 1. The Bertz CT molecular complexity index is 639. The molecule has 3 N–H and O–H groups in total. The van der Waals surface area contributed by atoms with Gasteiger partial charge in [-0.25, -0.2) is 0 Å². The molecule has 0 saturated carbocycles. The summed E-state index contributed by atoms with van der Waals surface area (Å²) in [6, 6.07) is 8.47. The van der Waals surface area contributed by atoms with Crippen molar-refractivity contribution in [3.05, 3.63) is 35.9 Å². The van der Waals surface area contributed by atoms with E-state index in [9.17, 15) is 4.79 Å². The van der Waals surface area contributed by atoms with Gasteiger partial charge in [0, 0.05) is 11.8 Å². The van der Waals surface area contributed by atoms with Gasteiger partial charge in [-0.05, 0) is 29.1 Å². The summed E-state index contributed by atoms with van der Waals surface area (Å²) in [6.07, 6.45) is 0.201. The van der Waals surface area contributed by atoms with Crippen LogP contribution in [0.5, 0.6) is 11.5 Å². The van der Waals surface area contributed by atoms with Gasteiger partial charge in [0.2, 0.25) is 0 Å². The number of benzene rings is 2. The van der Waals surface area contributed by atoms with Gasteiger partial charge in [0.25, 0.3) is 0 Å². The fraction of sp³-hybridized carbons (Fsp3) is 0.267. The molecule has 0 spiro atoms. The minimum absolute atomic E-state index is 0.201. The van der Waals surface area contributed by atoms with Gasteiger partial charge in [0.1, 0.15) is 17.5 Å². The third-order valence-electron chi connectivity index (χ3n) is 3.22. The Morgan fingerprint density at radius 3 is 2.55 bits per heavy atom. The molecular weight excluding hydrogens is 258 g/mol. The number of hydrogen-bond donors (Lipinski definition) is 2. The molecule has 0 aliphatic carbocycles. The second-order valence-corrected chi connectivity index (χ2v) is 4.49. The Labute approximate surface area is 116 Å². The average Bonchev–Trinajstić information content (AvgIpc) is 2.45. The lowest BCUT2D eigenvalue weighted by Crippen LogP contribution is -2.32. The van der Waals surface area contributed by atoms with Crippen molar-refractivity contribution in [1.29, 1.82) is 0 Å². The molecule has 2 aromatic carbocycles. The second kappa shape index (κ2) is 5.79. The maximum absolute atomic E-state index is 10.9. The van der Waals surface area contributed by atoms with Gasteiger partial charge in [0.15, 0.2) is 0 Å². The van der Waals surface area contributed by atoms with Crippen LogP contribution in [0.1, 0.15) is 5.56 Å². The maximum Gasteiger partial charge on any atom is 0.320 e. The zero-order valence-electron chi connectivity index (χ0n) is 11.4. The summed E-state index contributed by atoms with van der Waals surface area (Å²) >= 11 is 0. The Morgan fingerprint density at radius 2 is 1.95 bits per heavy atom. The molecule has 0 bridgehead atoms. The molecule has 2 aromatic rings. The van der Waals surface area contributed by atoms with E-state index in [-0.39, 0.29) is 6.42 Å². The first-order valence-corrected chi connectivity index (χ1v) is 6.19. The third kappa shape index (κ3) is 2.67. The van der Waals surface area contributed by atoms with Crippen molar-refractivity contribution in [3.63, 3.8) is 0 Å². The number of hydrogen-bond acceptors (Lipinski definition) is 4. The smallest absolute Gasteiger partial charge is 0.320 e. The molecule has 0 amide bonds. The lowest BCUT2D eigenvalue weighted by atomic mass is 10.00. The molecule has 0 radical (unpaired) electrons. The largest absolute Gasteiger partial charge is 0.496 e. The summed E-state index contributed by atoms with van der Waals surface area (Å²) in [5.74, 6) is 0.324. The minimum atomic E-state index is -1.04. The molecule has 0 aliphatic heterocycles. The van der Waals surface area contributed by atoms with Crippen molar-refractivity contribution < 1.29 is 19.4 Å². The number of nitrogens with two attached hydrogens (primary N) is 1. The highest BCUT2D eigenvalue weighted by molar-refractivity contribution is 5.90. The molecule has 0 saturated heterocycles. The summed E-state index contributed by atoms with van der Waals surface area (Å²) in [4.78, 5) is 10.9. The van der Waals surface area contributed by atoms with Crippen LogP contribution in [0.25, 0.3) is 10.8 Å². The van der Waals surface area contributed by atoms with Gasteiger partial charge in [-0.1, -0.05) is 12.1 Å². The SMILES string of the molecule is COc1cc2cccc(OC)c2cc1CC(N)C(=O)O. The summed E-state index contributed by atoms with van der Waals surface area (Å²) in [5, 5.41) is 10.8. The molecule has 0 aromatic heterocycles. The van der Waals surface area contributed by atoms with E-state index in [1.165, 1.54) is 0 Å². The van der Waals surface area contributed by atoms with Crippen LogP contribution in [0.3, 0.4) is 0 Å². The number of rotatable bonds is 5. The van der Waals surface area contributed by atoms with Crippen molar-refractivity contribution in [2.45, 2.75) is 12.5 Å². The van der Waals surface area contributed by atoms with E-state index in [1.807, 2.05) is 30.3 Å². The van der Waals surface area contributed by atoms with Crippen molar-refractivity contribution in [2.24, 2.45) is 5.73 Å². The predicted octanol–water partition coefficient (Wildman–Crippen LogP) is 1.81. The molecule has 5 heteroatoms. The van der Waals surface area contributed by atoms with E-state index in [0.717, 1.165) is 22.1 Å². The number of aliphatic carboxylic acids is 1. The van der Waals surface area contributed by atoms with Crippen molar-refractivity contribution >= 4 is 16.7 Å². The van der Waals surface area contributed by atoms with E-state index >= 15 is 0 Å². The van der Waals surface area contributed by atoms with Crippen LogP contribution in [-0.2, 0) is 11.2 Å². The molecule has 20 heavy (non-hydrogen) atoms. The molecule has 0 aliphatic rings. The molecule has 0 heterocycles. The zero-order valence-corrected chi connectivity index (χ0v) is 11.4. The lowest BCUT2D eigenvalue weighted by molar-refractivity contribution is -0.138.